The Morgan fingerprint density at radius 2 is 2.05 bits per heavy atom. The van der Waals surface area contributed by atoms with Gasteiger partial charge in [0.2, 0.25) is 5.82 Å². The summed E-state index contributed by atoms with van der Waals surface area (Å²) in [7, 11) is 0. The molecule has 0 amide bonds. The molecule has 0 atom stereocenters. The Labute approximate surface area is 110 Å². The smallest absolute Gasteiger partial charge is 0.354 e. The van der Waals surface area contributed by atoms with E-state index < -0.39 is 10.9 Å². The average Bonchev–Trinajstić information content (AvgIpc) is 2.38. The summed E-state index contributed by atoms with van der Waals surface area (Å²) < 4.78 is 0. The van der Waals surface area contributed by atoms with Crippen LogP contribution in [0.4, 0.5) is 11.5 Å². The summed E-state index contributed by atoms with van der Waals surface area (Å²) in [6, 6.07) is 2.28. The number of hydrogen-bond donors (Lipinski definition) is 2. The minimum Gasteiger partial charge on any atom is -0.477 e. The zero-order valence-corrected chi connectivity index (χ0v) is 11.1. The molecule has 0 radical (unpaired) electrons. The lowest BCUT2D eigenvalue weighted by atomic mass is 9.95. The summed E-state index contributed by atoms with van der Waals surface area (Å²) in [4.78, 5) is 25.1. The lowest BCUT2D eigenvalue weighted by Crippen LogP contribution is -2.33. The SMILES string of the molecule is CCC(C)(CC)Nc1nc(C(=O)O)ccc1[N+](=O)[O-]. The molecule has 7 heteroatoms. The number of carboxylic acid groups (broad SMARTS) is 1. The van der Waals surface area contributed by atoms with Gasteiger partial charge in [-0.25, -0.2) is 9.78 Å². The van der Waals surface area contributed by atoms with Crippen molar-refractivity contribution in [3.05, 3.63) is 27.9 Å². The fraction of sp³-hybridized carbons (Fsp3) is 0.500. The van der Waals surface area contributed by atoms with Crippen molar-refractivity contribution in [2.45, 2.75) is 39.2 Å². The summed E-state index contributed by atoms with van der Waals surface area (Å²) in [6.45, 7) is 5.80. The molecule has 1 rings (SSSR count). The number of nitrogens with one attached hydrogen (secondary N) is 1. The maximum absolute atomic E-state index is 10.9. The van der Waals surface area contributed by atoms with E-state index in [4.69, 9.17) is 5.11 Å². The topological polar surface area (TPSA) is 105 Å². The Morgan fingerprint density at radius 3 is 2.47 bits per heavy atom. The number of aromatic nitrogens is 1. The highest BCUT2D eigenvalue weighted by Crippen LogP contribution is 2.28. The molecule has 104 valence electrons. The van der Waals surface area contributed by atoms with Crippen LogP contribution in [0.5, 0.6) is 0 Å². The molecule has 0 unspecified atom stereocenters. The normalized spacial score (nSPS) is 11.1. The van der Waals surface area contributed by atoms with Gasteiger partial charge in [0.15, 0.2) is 5.69 Å². The highest BCUT2D eigenvalue weighted by molar-refractivity contribution is 5.86. The largest absolute Gasteiger partial charge is 0.477 e. The van der Waals surface area contributed by atoms with Crippen LogP contribution in [0, 0.1) is 10.1 Å². The van der Waals surface area contributed by atoms with Gasteiger partial charge in [-0.1, -0.05) is 13.8 Å². The second-order valence-corrected chi connectivity index (χ2v) is 4.52. The number of aromatic carboxylic acids is 1. The van der Waals surface area contributed by atoms with Gasteiger partial charge < -0.3 is 10.4 Å². The van der Waals surface area contributed by atoms with Crippen molar-refractivity contribution in [1.29, 1.82) is 0 Å². The lowest BCUT2D eigenvalue weighted by Gasteiger charge is -2.28. The standard InChI is InChI=1S/C12H17N3O4/c1-4-12(3,5-2)14-10-9(15(18)19)7-6-8(13-10)11(16)17/h6-7H,4-5H2,1-3H3,(H,13,14)(H,16,17). The van der Waals surface area contributed by atoms with Crippen molar-refractivity contribution in [3.63, 3.8) is 0 Å². The molecule has 0 spiro atoms. The van der Waals surface area contributed by atoms with Gasteiger partial charge in [-0.3, -0.25) is 10.1 Å². The first kappa shape index (κ1) is 14.9. The van der Waals surface area contributed by atoms with Crippen LogP contribution in [0.15, 0.2) is 12.1 Å². The highest BCUT2D eigenvalue weighted by Gasteiger charge is 2.26. The van der Waals surface area contributed by atoms with E-state index in [1.807, 2.05) is 20.8 Å². The molecule has 0 aliphatic carbocycles. The van der Waals surface area contributed by atoms with Crippen LogP contribution < -0.4 is 5.32 Å². The third-order valence-electron chi connectivity index (χ3n) is 3.27. The van der Waals surface area contributed by atoms with Crippen LogP contribution >= 0.6 is 0 Å². The van der Waals surface area contributed by atoms with Crippen molar-refractivity contribution in [2.75, 3.05) is 5.32 Å². The number of nitro groups is 1. The van der Waals surface area contributed by atoms with E-state index in [0.29, 0.717) is 0 Å². The molecular formula is C12H17N3O4. The van der Waals surface area contributed by atoms with Crippen molar-refractivity contribution in [2.24, 2.45) is 0 Å². The molecule has 7 nitrogen and oxygen atoms in total. The molecule has 0 fully saturated rings. The van der Waals surface area contributed by atoms with E-state index in [1.54, 1.807) is 0 Å². The molecule has 0 saturated heterocycles. The first-order chi connectivity index (χ1) is 8.83. The van der Waals surface area contributed by atoms with Crippen LogP contribution in [0.3, 0.4) is 0 Å². The molecular weight excluding hydrogens is 250 g/mol. The van der Waals surface area contributed by atoms with Crippen LogP contribution in [0.25, 0.3) is 0 Å². The number of anilines is 1. The van der Waals surface area contributed by atoms with Gasteiger partial charge in [0, 0.05) is 11.6 Å². The van der Waals surface area contributed by atoms with E-state index in [-0.39, 0.29) is 22.7 Å². The minimum absolute atomic E-state index is 0.00361. The molecule has 1 heterocycles. The molecule has 0 aliphatic heterocycles. The van der Waals surface area contributed by atoms with Crippen molar-refractivity contribution in [1.82, 2.24) is 4.98 Å². The van der Waals surface area contributed by atoms with Gasteiger partial charge in [0.1, 0.15) is 0 Å². The third-order valence-corrected chi connectivity index (χ3v) is 3.27. The Morgan fingerprint density at radius 1 is 1.47 bits per heavy atom. The molecule has 0 aromatic carbocycles. The monoisotopic (exact) mass is 267 g/mol. The first-order valence-electron chi connectivity index (χ1n) is 6.00. The molecule has 2 N–H and O–H groups in total. The summed E-state index contributed by atoms with van der Waals surface area (Å²) in [6.07, 6.45) is 1.47. The van der Waals surface area contributed by atoms with E-state index in [2.05, 4.69) is 10.3 Å². The van der Waals surface area contributed by atoms with Crippen molar-refractivity contribution in [3.8, 4) is 0 Å². The van der Waals surface area contributed by atoms with Crippen LogP contribution in [-0.4, -0.2) is 26.5 Å². The van der Waals surface area contributed by atoms with Gasteiger partial charge in [-0.2, -0.15) is 0 Å². The number of nitrogens with zero attached hydrogens (tertiary/aromatic N) is 2. The Bertz CT molecular complexity index is 498. The van der Waals surface area contributed by atoms with E-state index in [0.717, 1.165) is 25.0 Å². The fourth-order valence-electron chi connectivity index (χ4n) is 1.52. The van der Waals surface area contributed by atoms with Gasteiger partial charge in [0.05, 0.1) is 4.92 Å². The predicted molar refractivity (Wildman–Crippen MR) is 70.5 cm³/mol. The Hall–Kier alpha value is -2.18. The van der Waals surface area contributed by atoms with Crippen LogP contribution in [0.1, 0.15) is 44.1 Å². The minimum atomic E-state index is -1.22. The Kier molecular flexibility index (Phi) is 4.42. The lowest BCUT2D eigenvalue weighted by molar-refractivity contribution is -0.384. The van der Waals surface area contributed by atoms with Gasteiger partial charge in [0.25, 0.3) is 0 Å². The maximum Gasteiger partial charge on any atom is 0.354 e. The summed E-state index contributed by atoms with van der Waals surface area (Å²) in [5, 5.41) is 22.8. The van der Waals surface area contributed by atoms with E-state index >= 15 is 0 Å². The third kappa shape index (κ3) is 3.40. The fourth-order valence-corrected chi connectivity index (χ4v) is 1.52. The number of rotatable bonds is 6. The van der Waals surface area contributed by atoms with Crippen molar-refractivity contribution >= 4 is 17.5 Å². The summed E-state index contributed by atoms with van der Waals surface area (Å²) in [5.41, 5.74) is -0.810. The second-order valence-electron chi connectivity index (χ2n) is 4.52. The molecule has 0 aliphatic rings. The molecule has 1 aromatic rings. The number of hydrogen-bond acceptors (Lipinski definition) is 5. The van der Waals surface area contributed by atoms with E-state index in [1.165, 1.54) is 0 Å². The highest BCUT2D eigenvalue weighted by atomic mass is 16.6. The van der Waals surface area contributed by atoms with Gasteiger partial charge in [-0.05, 0) is 25.8 Å². The summed E-state index contributed by atoms with van der Waals surface area (Å²) in [5.74, 6) is -1.22. The molecule has 0 bridgehead atoms. The summed E-state index contributed by atoms with van der Waals surface area (Å²) >= 11 is 0. The zero-order valence-electron chi connectivity index (χ0n) is 11.1. The quantitative estimate of drug-likeness (QED) is 0.606. The van der Waals surface area contributed by atoms with E-state index in [9.17, 15) is 14.9 Å². The average molecular weight is 267 g/mol. The Balaban J connectivity index is 3.25. The number of pyridine rings is 1. The predicted octanol–water partition coefficient (Wildman–Crippen LogP) is 2.68. The van der Waals surface area contributed by atoms with Crippen molar-refractivity contribution < 1.29 is 14.8 Å². The van der Waals surface area contributed by atoms with Gasteiger partial charge in [-0.15, -0.1) is 0 Å². The molecule has 1 aromatic heterocycles. The van der Waals surface area contributed by atoms with Crippen LogP contribution in [0.2, 0.25) is 0 Å². The number of carbonyl (C=O) groups is 1. The first-order valence-corrected chi connectivity index (χ1v) is 6.00. The molecule has 0 saturated carbocycles. The second kappa shape index (κ2) is 5.64. The molecule has 19 heavy (non-hydrogen) atoms. The van der Waals surface area contributed by atoms with Gasteiger partial charge >= 0.3 is 11.7 Å². The van der Waals surface area contributed by atoms with Crippen LogP contribution in [-0.2, 0) is 0 Å². The zero-order chi connectivity index (χ0) is 14.6. The maximum atomic E-state index is 10.9. The number of carboxylic acids is 1.